The first-order chi connectivity index (χ1) is 6.72. The fourth-order valence-electron chi connectivity index (χ4n) is 2.00. The molecule has 4 heteroatoms. The molecule has 1 aliphatic carbocycles. The minimum Gasteiger partial charge on any atom is -0.394 e. The first kappa shape index (κ1) is 12.3. The van der Waals surface area contributed by atoms with Gasteiger partial charge in [-0.05, 0) is 19.1 Å². The normalized spacial score (nSPS) is 22.5. The van der Waals surface area contributed by atoms with Gasteiger partial charge < -0.3 is 15.5 Å². The van der Waals surface area contributed by atoms with Gasteiger partial charge in [0.15, 0.2) is 0 Å². The molecule has 0 spiro atoms. The first-order valence-electron chi connectivity index (χ1n) is 5.27. The Balaban J connectivity index is 2.21. The smallest absolute Gasteiger partial charge is 0.0894 e. The second-order valence-electron chi connectivity index (χ2n) is 4.06. The molecule has 3 nitrogen and oxygen atoms in total. The van der Waals surface area contributed by atoms with Crippen molar-refractivity contribution in [2.45, 2.75) is 36.5 Å². The highest BCUT2D eigenvalue weighted by Gasteiger charge is 2.32. The van der Waals surface area contributed by atoms with E-state index in [9.17, 15) is 0 Å². The predicted molar refractivity (Wildman–Crippen MR) is 60.7 cm³/mol. The highest BCUT2D eigenvalue weighted by Crippen LogP contribution is 2.39. The molecule has 0 aromatic rings. The largest absolute Gasteiger partial charge is 0.394 e. The zero-order valence-electron chi connectivity index (χ0n) is 8.83. The van der Waals surface area contributed by atoms with Gasteiger partial charge in [-0.15, -0.1) is 0 Å². The molecule has 0 bridgehead atoms. The van der Waals surface area contributed by atoms with Crippen LogP contribution < -0.4 is 5.32 Å². The third-order valence-corrected chi connectivity index (χ3v) is 4.40. The molecule has 0 heterocycles. The summed E-state index contributed by atoms with van der Waals surface area (Å²) >= 11 is 1.93. The molecule has 1 fully saturated rings. The van der Waals surface area contributed by atoms with E-state index in [1.54, 1.807) is 0 Å². The minimum absolute atomic E-state index is 0.154. The molecule has 1 aliphatic rings. The summed E-state index contributed by atoms with van der Waals surface area (Å²) in [5, 5.41) is 21.1. The van der Waals surface area contributed by atoms with Crippen molar-refractivity contribution in [2.75, 3.05) is 26.0 Å². The van der Waals surface area contributed by atoms with Crippen molar-refractivity contribution >= 4 is 11.8 Å². The van der Waals surface area contributed by atoms with Gasteiger partial charge in [0.2, 0.25) is 0 Å². The van der Waals surface area contributed by atoms with Gasteiger partial charge in [0.1, 0.15) is 0 Å². The van der Waals surface area contributed by atoms with E-state index in [-0.39, 0.29) is 6.61 Å². The molecular weight excluding hydrogens is 198 g/mol. The van der Waals surface area contributed by atoms with Crippen LogP contribution in [0.3, 0.4) is 0 Å². The maximum Gasteiger partial charge on any atom is 0.0894 e. The highest BCUT2D eigenvalue weighted by atomic mass is 32.2. The first-order valence-corrected chi connectivity index (χ1v) is 6.50. The maximum atomic E-state index is 9.17. The summed E-state index contributed by atoms with van der Waals surface area (Å²) < 4.78 is 0.384. The summed E-state index contributed by atoms with van der Waals surface area (Å²) in [5.41, 5.74) is 0. The SMILES string of the molecule is CSC1(CNCC(O)CO)CCCC1. The molecule has 0 radical (unpaired) electrons. The van der Waals surface area contributed by atoms with Crippen LogP contribution in [0, 0.1) is 0 Å². The lowest BCUT2D eigenvalue weighted by molar-refractivity contribution is 0.0940. The van der Waals surface area contributed by atoms with Gasteiger partial charge in [-0.2, -0.15) is 11.8 Å². The van der Waals surface area contributed by atoms with Gasteiger partial charge in [-0.25, -0.2) is 0 Å². The van der Waals surface area contributed by atoms with Crippen LogP contribution in [0.1, 0.15) is 25.7 Å². The summed E-state index contributed by atoms with van der Waals surface area (Å²) in [7, 11) is 0. The van der Waals surface area contributed by atoms with Crippen LogP contribution in [-0.4, -0.2) is 47.0 Å². The van der Waals surface area contributed by atoms with E-state index in [0.717, 1.165) is 6.54 Å². The van der Waals surface area contributed by atoms with E-state index in [0.29, 0.717) is 11.3 Å². The molecule has 1 rings (SSSR count). The lowest BCUT2D eigenvalue weighted by Crippen LogP contribution is -2.39. The average molecular weight is 219 g/mol. The molecule has 0 aromatic heterocycles. The molecule has 1 atom stereocenters. The van der Waals surface area contributed by atoms with Crippen molar-refractivity contribution < 1.29 is 10.2 Å². The van der Waals surface area contributed by atoms with Crippen molar-refractivity contribution in [3.8, 4) is 0 Å². The van der Waals surface area contributed by atoms with Gasteiger partial charge in [0.25, 0.3) is 0 Å². The molecule has 14 heavy (non-hydrogen) atoms. The molecule has 0 saturated heterocycles. The minimum atomic E-state index is -0.615. The molecular formula is C10H21NO2S. The number of nitrogens with one attached hydrogen (secondary N) is 1. The third kappa shape index (κ3) is 3.42. The summed E-state index contributed by atoms with van der Waals surface area (Å²) in [6.45, 7) is 1.29. The van der Waals surface area contributed by atoms with Crippen molar-refractivity contribution in [1.29, 1.82) is 0 Å². The number of thioether (sulfide) groups is 1. The van der Waals surface area contributed by atoms with Crippen molar-refractivity contribution in [2.24, 2.45) is 0 Å². The van der Waals surface area contributed by atoms with Crippen LogP contribution in [-0.2, 0) is 0 Å². The summed E-state index contributed by atoms with van der Waals surface area (Å²) in [6.07, 6.45) is 6.74. The lowest BCUT2D eigenvalue weighted by atomic mass is 10.1. The second-order valence-corrected chi connectivity index (χ2v) is 5.34. The highest BCUT2D eigenvalue weighted by molar-refractivity contribution is 8.00. The summed E-state index contributed by atoms with van der Waals surface area (Å²) in [6, 6.07) is 0. The van der Waals surface area contributed by atoms with Crippen LogP contribution >= 0.6 is 11.8 Å². The predicted octanol–water partition coefficient (Wildman–Crippen LogP) is 0.605. The average Bonchev–Trinajstić information content (AvgIpc) is 2.67. The van der Waals surface area contributed by atoms with E-state index in [2.05, 4.69) is 11.6 Å². The molecule has 0 aliphatic heterocycles. The standard InChI is InChI=1S/C10H21NO2S/c1-14-10(4-2-3-5-10)8-11-6-9(13)7-12/h9,11-13H,2-8H2,1H3. The Labute approximate surface area is 90.3 Å². The number of hydrogen-bond acceptors (Lipinski definition) is 4. The van der Waals surface area contributed by atoms with Crippen molar-refractivity contribution in [3.05, 3.63) is 0 Å². The molecule has 1 unspecified atom stereocenters. The fourth-order valence-corrected chi connectivity index (χ4v) is 2.95. The van der Waals surface area contributed by atoms with E-state index >= 15 is 0 Å². The quantitative estimate of drug-likeness (QED) is 0.612. The molecule has 84 valence electrons. The topological polar surface area (TPSA) is 52.5 Å². The number of aliphatic hydroxyl groups excluding tert-OH is 2. The van der Waals surface area contributed by atoms with Crippen LogP contribution in [0.4, 0.5) is 0 Å². The van der Waals surface area contributed by atoms with Crippen molar-refractivity contribution in [3.63, 3.8) is 0 Å². The fraction of sp³-hybridized carbons (Fsp3) is 1.00. The third-order valence-electron chi connectivity index (χ3n) is 2.99. The Morgan fingerprint density at radius 1 is 1.43 bits per heavy atom. The van der Waals surface area contributed by atoms with Gasteiger partial charge in [0, 0.05) is 17.8 Å². The monoisotopic (exact) mass is 219 g/mol. The summed E-state index contributed by atoms with van der Waals surface area (Å²) in [5.74, 6) is 0. The Kier molecular flexibility index (Phi) is 5.23. The Bertz CT molecular complexity index is 160. The second kappa shape index (κ2) is 5.95. The summed E-state index contributed by atoms with van der Waals surface area (Å²) in [4.78, 5) is 0. The molecule has 3 N–H and O–H groups in total. The molecule has 0 amide bonds. The van der Waals surface area contributed by atoms with E-state index in [4.69, 9.17) is 10.2 Å². The maximum absolute atomic E-state index is 9.17. The van der Waals surface area contributed by atoms with Gasteiger partial charge >= 0.3 is 0 Å². The van der Waals surface area contributed by atoms with Crippen LogP contribution in [0.25, 0.3) is 0 Å². The van der Waals surface area contributed by atoms with Crippen LogP contribution in [0.15, 0.2) is 0 Å². The van der Waals surface area contributed by atoms with Crippen LogP contribution in [0.2, 0.25) is 0 Å². The number of hydrogen-bond donors (Lipinski definition) is 3. The molecule has 1 saturated carbocycles. The van der Waals surface area contributed by atoms with Crippen molar-refractivity contribution in [1.82, 2.24) is 5.32 Å². The molecule has 0 aromatic carbocycles. The zero-order valence-corrected chi connectivity index (χ0v) is 9.65. The Morgan fingerprint density at radius 2 is 2.07 bits per heavy atom. The number of aliphatic hydroxyl groups is 2. The van der Waals surface area contributed by atoms with E-state index in [1.165, 1.54) is 25.7 Å². The van der Waals surface area contributed by atoms with E-state index in [1.807, 2.05) is 11.8 Å². The van der Waals surface area contributed by atoms with Gasteiger partial charge in [-0.1, -0.05) is 12.8 Å². The van der Waals surface area contributed by atoms with Gasteiger partial charge in [0.05, 0.1) is 12.7 Å². The lowest BCUT2D eigenvalue weighted by Gasteiger charge is -2.27. The zero-order chi connectivity index (χ0) is 10.4. The Morgan fingerprint density at radius 3 is 2.57 bits per heavy atom. The van der Waals surface area contributed by atoms with E-state index < -0.39 is 6.10 Å². The van der Waals surface area contributed by atoms with Gasteiger partial charge in [-0.3, -0.25) is 0 Å². The Hall–Kier alpha value is 0.230. The van der Waals surface area contributed by atoms with Crippen LogP contribution in [0.5, 0.6) is 0 Å². The number of rotatable bonds is 6.